The molecule has 1 aliphatic heterocycles. The summed E-state index contributed by atoms with van der Waals surface area (Å²) in [7, 11) is -4.38. The molecule has 6 nitrogen and oxygen atoms in total. The molecule has 0 aromatic heterocycles. The predicted molar refractivity (Wildman–Crippen MR) is 64.7 cm³/mol. The van der Waals surface area contributed by atoms with Crippen molar-refractivity contribution in [3.05, 3.63) is 29.6 Å². The number of hydrogen-bond acceptors (Lipinski definition) is 4. The Balaban J connectivity index is 2.83. The molecule has 19 heavy (non-hydrogen) atoms. The Labute approximate surface area is 109 Å². The Morgan fingerprint density at radius 1 is 1.37 bits per heavy atom. The molecule has 0 radical (unpaired) electrons. The molecule has 1 heterocycles. The average molecular weight is 283 g/mol. The molecular formula is C11H10FN3O3S. The molecule has 0 unspecified atom stereocenters. The smallest absolute Gasteiger partial charge is 0.268 e. The lowest BCUT2D eigenvalue weighted by molar-refractivity contribution is 0.0831. The van der Waals surface area contributed by atoms with Crippen molar-refractivity contribution in [1.29, 1.82) is 5.26 Å². The van der Waals surface area contributed by atoms with E-state index in [2.05, 4.69) is 0 Å². The van der Waals surface area contributed by atoms with Crippen LogP contribution in [0.4, 0.5) is 10.1 Å². The molecule has 0 saturated carbocycles. The van der Waals surface area contributed by atoms with Gasteiger partial charge in [0.2, 0.25) is 6.19 Å². The van der Waals surface area contributed by atoms with Crippen LogP contribution < -0.4 is 4.31 Å². The number of benzene rings is 1. The Morgan fingerprint density at radius 3 is 2.53 bits per heavy atom. The van der Waals surface area contributed by atoms with Gasteiger partial charge >= 0.3 is 10.2 Å². The summed E-state index contributed by atoms with van der Waals surface area (Å²) in [4.78, 5) is 12.1. The number of rotatable bonds is 1. The maximum atomic E-state index is 13.7. The Bertz CT molecular complexity index is 694. The molecule has 0 bridgehead atoms. The maximum Gasteiger partial charge on any atom is 0.342 e. The Kier molecular flexibility index (Phi) is 2.94. The summed E-state index contributed by atoms with van der Waals surface area (Å²) in [5, 5.41) is 8.98. The number of nitrogens with zero attached hydrogens (tertiary/aromatic N) is 3. The van der Waals surface area contributed by atoms with Crippen LogP contribution in [0.25, 0.3) is 0 Å². The zero-order valence-electron chi connectivity index (χ0n) is 10.2. The van der Waals surface area contributed by atoms with Gasteiger partial charge in [0.25, 0.3) is 5.91 Å². The molecule has 1 aliphatic rings. The summed E-state index contributed by atoms with van der Waals surface area (Å²) in [6.07, 6.45) is 1.41. The number of para-hydroxylation sites is 1. The summed E-state index contributed by atoms with van der Waals surface area (Å²) in [6, 6.07) is 2.90. The highest BCUT2D eigenvalue weighted by Gasteiger charge is 2.44. The van der Waals surface area contributed by atoms with E-state index in [-0.39, 0.29) is 9.87 Å². The molecule has 8 heteroatoms. The number of hydrogen-bond donors (Lipinski definition) is 0. The molecule has 2 rings (SSSR count). The first-order chi connectivity index (χ1) is 8.82. The van der Waals surface area contributed by atoms with E-state index in [0.717, 1.165) is 6.07 Å². The second-order valence-corrected chi connectivity index (χ2v) is 5.86. The summed E-state index contributed by atoms with van der Waals surface area (Å²) in [5.41, 5.74) is -0.669. The third-order valence-electron chi connectivity index (χ3n) is 2.66. The van der Waals surface area contributed by atoms with E-state index in [1.165, 1.54) is 32.2 Å². The van der Waals surface area contributed by atoms with Gasteiger partial charge in [0.05, 0.1) is 5.56 Å². The van der Waals surface area contributed by atoms with Crippen LogP contribution in [-0.4, -0.2) is 24.7 Å². The van der Waals surface area contributed by atoms with Crippen LogP contribution in [-0.2, 0) is 10.2 Å². The summed E-state index contributed by atoms with van der Waals surface area (Å²) < 4.78 is 38.8. The molecule has 0 spiro atoms. The number of carbonyl (C=O) groups excluding carboxylic acids is 1. The number of amides is 1. The van der Waals surface area contributed by atoms with E-state index < -0.39 is 33.7 Å². The van der Waals surface area contributed by atoms with Gasteiger partial charge in [-0.05, 0) is 26.0 Å². The molecule has 0 aliphatic carbocycles. The Morgan fingerprint density at radius 2 is 2.00 bits per heavy atom. The number of fused-ring (bicyclic) bond motifs is 1. The van der Waals surface area contributed by atoms with E-state index in [9.17, 15) is 17.6 Å². The topological polar surface area (TPSA) is 81.5 Å². The number of nitriles is 1. The monoisotopic (exact) mass is 283 g/mol. The average Bonchev–Trinajstić information content (AvgIpc) is 2.29. The van der Waals surface area contributed by atoms with Gasteiger partial charge in [0.1, 0.15) is 11.5 Å². The van der Waals surface area contributed by atoms with Gasteiger partial charge in [0.15, 0.2) is 0 Å². The van der Waals surface area contributed by atoms with Gasteiger partial charge in [-0.1, -0.05) is 6.07 Å². The van der Waals surface area contributed by atoms with Gasteiger partial charge in [0, 0.05) is 6.04 Å². The van der Waals surface area contributed by atoms with Crippen molar-refractivity contribution in [1.82, 2.24) is 4.31 Å². The van der Waals surface area contributed by atoms with Crippen molar-refractivity contribution in [2.75, 3.05) is 4.31 Å². The first-order valence-corrected chi connectivity index (χ1v) is 6.79. The fraction of sp³-hybridized carbons (Fsp3) is 0.273. The third kappa shape index (κ3) is 1.74. The van der Waals surface area contributed by atoms with Gasteiger partial charge < -0.3 is 0 Å². The highest BCUT2D eigenvalue weighted by molar-refractivity contribution is 7.91. The lowest BCUT2D eigenvalue weighted by Gasteiger charge is -2.34. The Hall–Kier alpha value is -2.14. The third-order valence-corrected chi connectivity index (χ3v) is 4.47. The molecule has 0 fully saturated rings. The number of carbonyl (C=O) groups is 1. The van der Waals surface area contributed by atoms with Crippen molar-refractivity contribution >= 4 is 21.8 Å². The molecule has 100 valence electrons. The first kappa shape index (κ1) is 13.3. The van der Waals surface area contributed by atoms with Crippen molar-refractivity contribution in [2.45, 2.75) is 19.9 Å². The minimum Gasteiger partial charge on any atom is -0.268 e. The second kappa shape index (κ2) is 4.20. The maximum absolute atomic E-state index is 13.7. The standard InChI is InChI=1S/C11H10FN3O3S/c1-7(2)15-11(16)8-4-3-5-9(12)10(8)14(6-13)19(15,17)18/h3-5,7H,1-2H3. The van der Waals surface area contributed by atoms with Crippen LogP contribution in [0.3, 0.4) is 0 Å². The molecule has 0 N–H and O–H groups in total. The molecule has 1 aromatic rings. The van der Waals surface area contributed by atoms with Crippen LogP contribution in [0.5, 0.6) is 0 Å². The van der Waals surface area contributed by atoms with Gasteiger partial charge in [-0.25, -0.2) is 8.70 Å². The summed E-state index contributed by atoms with van der Waals surface area (Å²) >= 11 is 0. The van der Waals surface area contributed by atoms with E-state index in [0.29, 0.717) is 4.31 Å². The van der Waals surface area contributed by atoms with Gasteiger partial charge in [-0.2, -0.15) is 18.0 Å². The summed E-state index contributed by atoms with van der Waals surface area (Å²) in [6.45, 7) is 2.99. The zero-order chi connectivity index (χ0) is 14.4. The molecular weight excluding hydrogens is 273 g/mol. The summed E-state index contributed by atoms with van der Waals surface area (Å²) in [5.74, 6) is -1.77. The SMILES string of the molecule is CC(C)N1C(=O)c2cccc(F)c2N(C#N)S1(=O)=O. The fourth-order valence-corrected chi connectivity index (χ4v) is 3.46. The minimum absolute atomic E-state index is 0.148. The lowest BCUT2D eigenvalue weighted by Crippen LogP contribution is -2.52. The van der Waals surface area contributed by atoms with Crippen LogP contribution in [0.15, 0.2) is 18.2 Å². The largest absolute Gasteiger partial charge is 0.342 e. The highest BCUT2D eigenvalue weighted by Crippen LogP contribution is 2.34. The molecule has 1 aromatic carbocycles. The quantitative estimate of drug-likeness (QED) is 0.726. The van der Waals surface area contributed by atoms with Crippen molar-refractivity contribution < 1.29 is 17.6 Å². The highest BCUT2D eigenvalue weighted by atomic mass is 32.2. The van der Waals surface area contributed by atoms with E-state index >= 15 is 0 Å². The second-order valence-electron chi connectivity index (χ2n) is 4.20. The molecule has 0 saturated heterocycles. The molecule has 0 atom stereocenters. The van der Waals surface area contributed by atoms with Crippen molar-refractivity contribution in [3.63, 3.8) is 0 Å². The van der Waals surface area contributed by atoms with E-state index in [1.54, 1.807) is 0 Å². The van der Waals surface area contributed by atoms with Crippen LogP contribution in [0, 0.1) is 17.3 Å². The van der Waals surface area contributed by atoms with E-state index in [4.69, 9.17) is 5.26 Å². The van der Waals surface area contributed by atoms with E-state index in [1.807, 2.05) is 0 Å². The first-order valence-electron chi connectivity index (χ1n) is 5.39. The van der Waals surface area contributed by atoms with Crippen molar-refractivity contribution in [2.24, 2.45) is 0 Å². The number of halogens is 1. The van der Waals surface area contributed by atoms with Crippen LogP contribution >= 0.6 is 0 Å². The van der Waals surface area contributed by atoms with Gasteiger partial charge in [-0.15, -0.1) is 0 Å². The predicted octanol–water partition coefficient (Wildman–Crippen LogP) is 1.22. The van der Waals surface area contributed by atoms with Crippen LogP contribution in [0.1, 0.15) is 24.2 Å². The fourth-order valence-electron chi connectivity index (χ4n) is 1.92. The minimum atomic E-state index is -4.38. The van der Waals surface area contributed by atoms with Gasteiger partial charge in [-0.3, -0.25) is 4.79 Å². The number of anilines is 1. The molecule has 1 amide bonds. The normalized spacial score (nSPS) is 17.3. The zero-order valence-corrected chi connectivity index (χ0v) is 11.0. The lowest BCUT2D eigenvalue weighted by atomic mass is 10.1. The van der Waals surface area contributed by atoms with Crippen molar-refractivity contribution in [3.8, 4) is 6.19 Å². The van der Waals surface area contributed by atoms with Crippen LogP contribution in [0.2, 0.25) is 0 Å².